The molecule has 0 aromatic heterocycles. The van der Waals surface area contributed by atoms with E-state index in [1.807, 2.05) is 31.2 Å². The van der Waals surface area contributed by atoms with Crippen molar-refractivity contribution in [2.45, 2.75) is 38.5 Å². The third kappa shape index (κ3) is 4.40. The average Bonchev–Trinajstić information content (AvgIpc) is 3.60. The SMILES string of the molecule is CCC1(C(=O)O)CCN(C(=O)[C@@H]2C[C@@H]2CNC(=O)OCC2c3ccccc3-c3ccccc32)CC1. The highest BCUT2D eigenvalue weighted by Gasteiger charge is 2.47. The van der Waals surface area contributed by atoms with Crippen LogP contribution in [0.5, 0.6) is 0 Å². The highest BCUT2D eigenvalue weighted by Crippen LogP contribution is 2.45. The van der Waals surface area contributed by atoms with Crippen molar-refractivity contribution in [3.8, 4) is 11.1 Å². The Bertz CT molecular complexity index is 1090. The van der Waals surface area contributed by atoms with Gasteiger partial charge < -0.3 is 20.1 Å². The van der Waals surface area contributed by atoms with Crippen LogP contribution in [0.4, 0.5) is 4.79 Å². The van der Waals surface area contributed by atoms with Gasteiger partial charge >= 0.3 is 12.1 Å². The van der Waals surface area contributed by atoms with E-state index in [4.69, 9.17) is 4.74 Å². The normalized spacial score (nSPS) is 22.1. The molecule has 2 aromatic rings. The molecule has 2 amide bonds. The molecule has 7 nitrogen and oxygen atoms in total. The van der Waals surface area contributed by atoms with Gasteiger partial charge in [0.2, 0.25) is 5.91 Å². The smallest absolute Gasteiger partial charge is 0.407 e. The van der Waals surface area contributed by atoms with Gasteiger partial charge in [0.15, 0.2) is 0 Å². The first-order chi connectivity index (χ1) is 16.9. The summed E-state index contributed by atoms with van der Waals surface area (Å²) in [6.45, 7) is 3.56. The van der Waals surface area contributed by atoms with Crippen LogP contribution in [0.3, 0.4) is 0 Å². The van der Waals surface area contributed by atoms with Crippen molar-refractivity contribution in [2.24, 2.45) is 17.3 Å². The van der Waals surface area contributed by atoms with Gasteiger partial charge in [-0.25, -0.2) is 4.79 Å². The van der Waals surface area contributed by atoms with Gasteiger partial charge in [-0.3, -0.25) is 9.59 Å². The Labute approximate surface area is 205 Å². The largest absolute Gasteiger partial charge is 0.481 e. The van der Waals surface area contributed by atoms with E-state index in [-0.39, 0.29) is 30.3 Å². The summed E-state index contributed by atoms with van der Waals surface area (Å²) in [5, 5.41) is 12.4. The minimum Gasteiger partial charge on any atom is -0.481 e. The molecule has 2 aliphatic carbocycles. The van der Waals surface area contributed by atoms with Crippen LogP contribution in [-0.2, 0) is 14.3 Å². The molecule has 7 heteroatoms. The average molecular weight is 477 g/mol. The highest BCUT2D eigenvalue weighted by atomic mass is 16.5. The van der Waals surface area contributed by atoms with Crippen LogP contribution in [-0.4, -0.2) is 54.2 Å². The van der Waals surface area contributed by atoms with Crippen LogP contribution in [0.2, 0.25) is 0 Å². The summed E-state index contributed by atoms with van der Waals surface area (Å²) in [5.41, 5.74) is 4.02. The van der Waals surface area contributed by atoms with Crippen LogP contribution < -0.4 is 5.32 Å². The van der Waals surface area contributed by atoms with Crippen molar-refractivity contribution in [1.29, 1.82) is 0 Å². The van der Waals surface area contributed by atoms with E-state index in [1.165, 1.54) is 22.3 Å². The van der Waals surface area contributed by atoms with Gasteiger partial charge in [-0.15, -0.1) is 0 Å². The van der Waals surface area contributed by atoms with Gasteiger partial charge in [0.1, 0.15) is 6.61 Å². The van der Waals surface area contributed by atoms with E-state index in [2.05, 4.69) is 29.6 Å². The second-order valence-electron chi connectivity index (χ2n) is 10.1. The number of carboxylic acid groups (broad SMARTS) is 1. The van der Waals surface area contributed by atoms with Crippen LogP contribution in [0.1, 0.15) is 49.7 Å². The molecule has 1 aliphatic heterocycles. The summed E-state index contributed by atoms with van der Waals surface area (Å²) in [6, 6.07) is 16.4. The van der Waals surface area contributed by atoms with Gasteiger partial charge in [-0.05, 0) is 53.9 Å². The number of alkyl carbamates (subject to hydrolysis) is 1. The van der Waals surface area contributed by atoms with Crippen molar-refractivity contribution in [3.63, 3.8) is 0 Å². The number of aliphatic carboxylic acids is 1. The van der Waals surface area contributed by atoms with Crippen LogP contribution in [0, 0.1) is 17.3 Å². The number of hydrogen-bond acceptors (Lipinski definition) is 4. The Morgan fingerprint density at radius 2 is 1.63 bits per heavy atom. The fourth-order valence-electron chi connectivity index (χ4n) is 5.75. The van der Waals surface area contributed by atoms with Crippen LogP contribution >= 0.6 is 0 Å². The Balaban J connectivity index is 1.08. The van der Waals surface area contributed by atoms with E-state index >= 15 is 0 Å². The number of fused-ring (bicyclic) bond motifs is 3. The summed E-state index contributed by atoms with van der Waals surface area (Å²) in [5.74, 6) is -0.644. The molecule has 35 heavy (non-hydrogen) atoms. The molecule has 0 bridgehead atoms. The number of carbonyl (C=O) groups is 3. The standard InChI is InChI=1S/C28H32N2O5/c1-2-28(26(32)33)11-13-30(14-12-28)25(31)23-15-18(23)16-29-27(34)35-17-24-21-9-5-3-7-19(21)20-8-4-6-10-22(20)24/h3-10,18,23-24H,2,11-17H2,1H3,(H,29,34)(H,32,33)/t18-,23-/m1/s1. The van der Waals surface area contributed by atoms with E-state index in [0.29, 0.717) is 38.9 Å². The number of nitrogens with zero attached hydrogens (tertiary/aromatic N) is 1. The molecule has 0 unspecified atom stereocenters. The Morgan fingerprint density at radius 3 is 2.20 bits per heavy atom. The first kappa shape index (κ1) is 23.4. The molecular formula is C28H32N2O5. The van der Waals surface area contributed by atoms with E-state index in [0.717, 1.165) is 6.42 Å². The maximum atomic E-state index is 12.9. The third-order valence-electron chi connectivity index (χ3n) is 8.25. The summed E-state index contributed by atoms with van der Waals surface area (Å²) < 4.78 is 5.59. The van der Waals surface area contributed by atoms with Gasteiger partial charge in [0.25, 0.3) is 0 Å². The zero-order chi connectivity index (χ0) is 24.6. The molecule has 2 fully saturated rings. The lowest BCUT2D eigenvalue weighted by atomic mass is 9.76. The maximum Gasteiger partial charge on any atom is 0.407 e. The van der Waals surface area contributed by atoms with Gasteiger partial charge in [-0.2, -0.15) is 0 Å². The van der Waals surface area contributed by atoms with E-state index in [9.17, 15) is 19.5 Å². The number of ether oxygens (including phenoxy) is 1. The number of rotatable bonds is 7. The topological polar surface area (TPSA) is 95.9 Å². The molecule has 1 saturated heterocycles. The number of benzene rings is 2. The maximum absolute atomic E-state index is 12.9. The summed E-state index contributed by atoms with van der Waals surface area (Å²) in [6.07, 6.45) is 1.87. The van der Waals surface area contributed by atoms with Gasteiger partial charge in [-0.1, -0.05) is 55.5 Å². The number of carboxylic acids is 1. The molecule has 2 atom stereocenters. The van der Waals surface area contributed by atoms with Crippen molar-refractivity contribution in [1.82, 2.24) is 10.2 Å². The first-order valence-corrected chi connectivity index (χ1v) is 12.5. The second kappa shape index (κ2) is 9.36. The van der Waals surface area contributed by atoms with Gasteiger partial charge in [0.05, 0.1) is 5.41 Å². The molecule has 2 N–H and O–H groups in total. The number of nitrogens with one attached hydrogen (secondary N) is 1. The molecule has 0 radical (unpaired) electrons. The molecule has 1 heterocycles. The Morgan fingerprint density at radius 1 is 1.03 bits per heavy atom. The fraction of sp³-hybridized carbons (Fsp3) is 0.464. The number of piperidine rings is 1. The molecule has 0 spiro atoms. The summed E-state index contributed by atoms with van der Waals surface area (Å²) in [4.78, 5) is 38.7. The summed E-state index contributed by atoms with van der Waals surface area (Å²) in [7, 11) is 0. The van der Waals surface area contributed by atoms with Crippen molar-refractivity contribution in [3.05, 3.63) is 59.7 Å². The van der Waals surface area contributed by atoms with E-state index in [1.54, 1.807) is 4.90 Å². The second-order valence-corrected chi connectivity index (χ2v) is 10.1. The molecular weight excluding hydrogens is 444 g/mol. The molecule has 3 aliphatic rings. The van der Waals surface area contributed by atoms with E-state index < -0.39 is 17.5 Å². The Hall–Kier alpha value is -3.35. The third-order valence-corrected chi connectivity index (χ3v) is 8.25. The molecule has 2 aromatic carbocycles. The quantitative estimate of drug-likeness (QED) is 0.622. The molecule has 1 saturated carbocycles. The number of amides is 2. The predicted molar refractivity (Wildman–Crippen MR) is 131 cm³/mol. The fourth-order valence-corrected chi connectivity index (χ4v) is 5.75. The minimum absolute atomic E-state index is 0.0172. The molecule has 184 valence electrons. The first-order valence-electron chi connectivity index (χ1n) is 12.5. The van der Waals surface area contributed by atoms with Crippen LogP contribution in [0.25, 0.3) is 11.1 Å². The van der Waals surface area contributed by atoms with Crippen molar-refractivity contribution < 1.29 is 24.2 Å². The lowest BCUT2D eigenvalue weighted by Crippen LogP contribution is -2.47. The lowest BCUT2D eigenvalue weighted by Gasteiger charge is -2.38. The van der Waals surface area contributed by atoms with Crippen molar-refractivity contribution >= 4 is 18.0 Å². The predicted octanol–water partition coefficient (Wildman–Crippen LogP) is 4.26. The number of likely N-dealkylation sites (tertiary alicyclic amines) is 1. The molecule has 5 rings (SSSR count). The lowest BCUT2D eigenvalue weighted by molar-refractivity contribution is -0.154. The number of hydrogen-bond donors (Lipinski definition) is 2. The number of carbonyl (C=O) groups excluding carboxylic acids is 2. The van der Waals surface area contributed by atoms with Crippen LogP contribution in [0.15, 0.2) is 48.5 Å². The van der Waals surface area contributed by atoms with Crippen molar-refractivity contribution in [2.75, 3.05) is 26.2 Å². The summed E-state index contributed by atoms with van der Waals surface area (Å²) >= 11 is 0. The monoisotopic (exact) mass is 476 g/mol. The minimum atomic E-state index is -0.760. The Kier molecular flexibility index (Phi) is 6.26. The zero-order valence-electron chi connectivity index (χ0n) is 20.0. The van der Waals surface area contributed by atoms with Gasteiger partial charge in [0, 0.05) is 31.5 Å². The highest BCUT2D eigenvalue weighted by molar-refractivity contribution is 5.83. The zero-order valence-corrected chi connectivity index (χ0v) is 20.0.